The molecule has 10 heteroatoms. The lowest BCUT2D eigenvalue weighted by molar-refractivity contribution is -0.120. The van der Waals surface area contributed by atoms with Gasteiger partial charge in [-0.1, -0.05) is 6.58 Å². The van der Waals surface area contributed by atoms with Crippen molar-refractivity contribution in [3.8, 4) is 0 Å². The lowest BCUT2D eigenvalue weighted by Gasteiger charge is -2.33. The monoisotopic (exact) mass is 501 g/mol. The number of benzene rings is 1. The highest BCUT2D eigenvalue weighted by Crippen LogP contribution is 2.35. The number of fused-ring (bicyclic) bond motifs is 2. The first-order valence-corrected chi connectivity index (χ1v) is 13.7. The van der Waals surface area contributed by atoms with E-state index in [1.54, 1.807) is 12.1 Å². The molecule has 2 aliphatic heterocycles. The molecule has 2 fully saturated rings. The van der Waals surface area contributed by atoms with E-state index in [9.17, 15) is 18.0 Å². The van der Waals surface area contributed by atoms with Crippen molar-refractivity contribution in [1.29, 1.82) is 0 Å². The van der Waals surface area contributed by atoms with Crippen LogP contribution in [-0.2, 0) is 32.4 Å². The van der Waals surface area contributed by atoms with Crippen LogP contribution in [0.1, 0.15) is 39.4 Å². The largest absolute Gasteiger partial charge is 0.354 e. The molecule has 0 spiro atoms. The molecule has 2 saturated heterocycles. The average Bonchev–Trinajstić information content (AvgIpc) is 3.53. The van der Waals surface area contributed by atoms with Gasteiger partial charge in [-0.3, -0.25) is 9.59 Å². The summed E-state index contributed by atoms with van der Waals surface area (Å²) in [7, 11) is -3.70. The van der Waals surface area contributed by atoms with Crippen LogP contribution in [0.5, 0.6) is 0 Å². The third-order valence-corrected chi connectivity index (χ3v) is 9.84. The van der Waals surface area contributed by atoms with Gasteiger partial charge in [-0.2, -0.15) is 4.31 Å². The van der Waals surface area contributed by atoms with Gasteiger partial charge in [0.15, 0.2) is 0 Å². The van der Waals surface area contributed by atoms with Crippen LogP contribution in [0.2, 0.25) is 0 Å². The summed E-state index contributed by atoms with van der Waals surface area (Å²) in [6, 6.07) is 8.24. The molecular formula is C24H27N3O5S2. The van der Waals surface area contributed by atoms with E-state index in [4.69, 9.17) is 4.74 Å². The molecule has 34 heavy (non-hydrogen) atoms. The molecule has 3 unspecified atom stereocenters. The van der Waals surface area contributed by atoms with E-state index < -0.39 is 16.3 Å². The molecule has 1 aromatic carbocycles. The molecule has 0 bridgehead atoms. The first kappa shape index (κ1) is 23.2. The number of carbonyl (C=O) groups excluding carboxylic acids is 2. The summed E-state index contributed by atoms with van der Waals surface area (Å²) in [5.74, 6) is -0.269. The first-order valence-electron chi connectivity index (χ1n) is 11.4. The fraction of sp³-hybridized carbons (Fsp3) is 0.417. The van der Waals surface area contributed by atoms with Crippen LogP contribution < -0.4 is 10.6 Å². The smallest absolute Gasteiger partial charge is 0.265 e. The second-order valence-electron chi connectivity index (χ2n) is 8.91. The number of thiophene rings is 1. The van der Waals surface area contributed by atoms with Gasteiger partial charge in [0.25, 0.3) is 5.91 Å². The number of piperidine rings is 1. The second-order valence-corrected chi connectivity index (χ2v) is 12.0. The van der Waals surface area contributed by atoms with Crippen molar-refractivity contribution >= 4 is 38.9 Å². The number of hydrogen-bond donors (Lipinski definition) is 2. The van der Waals surface area contributed by atoms with Gasteiger partial charge in [0.05, 0.1) is 15.9 Å². The van der Waals surface area contributed by atoms with Crippen molar-refractivity contribution in [1.82, 2.24) is 9.62 Å². The minimum atomic E-state index is -3.70. The first-order chi connectivity index (χ1) is 16.3. The van der Waals surface area contributed by atoms with Crippen LogP contribution in [-0.4, -0.2) is 50.0 Å². The summed E-state index contributed by atoms with van der Waals surface area (Å²) in [5.41, 5.74) is 1.82. The van der Waals surface area contributed by atoms with E-state index in [2.05, 4.69) is 17.2 Å². The Hall–Kier alpha value is -2.53. The number of hydrogen-bond acceptors (Lipinski definition) is 6. The lowest BCUT2D eigenvalue weighted by atomic mass is 9.94. The Kier molecular flexibility index (Phi) is 6.32. The number of aryl methyl sites for hydroxylation is 2. The molecule has 3 atom stereocenters. The number of anilines is 1. The van der Waals surface area contributed by atoms with E-state index >= 15 is 0 Å². The Balaban J connectivity index is 1.22. The van der Waals surface area contributed by atoms with Gasteiger partial charge in [-0.25, -0.2) is 8.42 Å². The number of sulfonamides is 1. The molecule has 2 aromatic rings. The minimum absolute atomic E-state index is 0.173. The molecule has 8 nitrogen and oxygen atoms in total. The van der Waals surface area contributed by atoms with E-state index in [1.165, 1.54) is 44.3 Å². The summed E-state index contributed by atoms with van der Waals surface area (Å²) < 4.78 is 33.8. The van der Waals surface area contributed by atoms with Crippen molar-refractivity contribution in [2.24, 2.45) is 5.92 Å². The topological polar surface area (TPSA) is 105 Å². The van der Waals surface area contributed by atoms with Crippen LogP contribution in [0.25, 0.3) is 0 Å². The maximum Gasteiger partial charge on any atom is 0.265 e. The predicted octanol–water partition coefficient (Wildman–Crippen LogP) is 2.92. The summed E-state index contributed by atoms with van der Waals surface area (Å²) >= 11 is 1.53. The van der Waals surface area contributed by atoms with Gasteiger partial charge in [-0.05, 0) is 80.0 Å². The molecule has 3 heterocycles. The van der Waals surface area contributed by atoms with Crippen molar-refractivity contribution in [2.45, 2.75) is 49.3 Å². The van der Waals surface area contributed by atoms with Gasteiger partial charge in [0.1, 0.15) is 6.23 Å². The number of rotatable bonds is 6. The number of nitrogens with zero attached hydrogens (tertiary/aromatic N) is 1. The SMILES string of the molecule is C=CC(=O)NC1CC2CCN(S(=O)(=O)c3ccc(NC(=O)c4cc5c(s4)CCC5)cc3)CC2O1. The van der Waals surface area contributed by atoms with Gasteiger partial charge < -0.3 is 15.4 Å². The predicted molar refractivity (Wildman–Crippen MR) is 129 cm³/mol. The highest BCUT2D eigenvalue weighted by molar-refractivity contribution is 7.89. The van der Waals surface area contributed by atoms with Crippen LogP contribution >= 0.6 is 11.3 Å². The Bertz CT molecular complexity index is 1200. The standard InChI is InChI=1S/C24H27N3O5S2/c1-2-22(28)26-23-13-15-10-11-27(14-19(15)32-23)34(30,31)18-8-6-17(7-9-18)25-24(29)21-12-16-4-3-5-20(16)33-21/h2,6-9,12,15,19,23H,1,3-5,10-11,13-14H2,(H,25,29)(H,26,28). The molecule has 5 rings (SSSR count). The molecule has 1 aromatic heterocycles. The lowest BCUT2D eigenvalue weighted by Crippen LogP contribution is -2.45. The zero-order chi connectivity index (χ0) is 23.9. The average molecular weight is 502 g/mol. The van der Waals surface area contributed by atoms with Gasteiger partial charge in [0.2, 0.25) is 15.9 Å². The summed E-state index contributed by atoms with van der Waals surface area (Å²) in [6.45, 7) is 4.09. The van der Waals surface area contributed by atoms with Gasteiger partial charge in [0, 0.05) is 23.7 Å². The third kappa shape index (κ3) is 4.55. The Morgan fingerprint density at radius 3 is 2.74 bits per heavy atom. The fourth-order valence-electron chi connectivity index (χ4n) is 4.92. The maximum absolute atomic E-state index is 13.2. The summed E-state index contributed by atoms with van der Waals surface area (Å²) in [5, 5.41) is 5.60. The van der Waals surface area contributed by atoms with Gasteiger partial charge in [-0.15, -0.1) is 11.3 Å². The summed E-state index contributed by atoms with van der Waals surface area (Å²) in [6.07, 6.45) is 5.06. The van der Waals surface area contributed by atoms with E-state index in [-0.39, 0.29) is 35.3 Å². The molecule has 2 amide bonds. The van der Waals surface area contributed by atoms with Crippen molar-refractivity contribution < 1.29 is 22.7 Å². The highest BCUT2D eigenvalue weighted by Gasteiger charge is 2.42. The summed E-state index contributed by atoms with van der Waals surface area (Å²) in [4.78, 5) is 26.3. The van der Waals surface area contributed by atoms with Crippen LogP contribution in [0.15, 0.2) is 47.9 Å². The third-order valence-electron chi connectivity index (χ3n) is 6.72. The molecule has 3 aliphatic rings. The Labute approximate surface area is 203 Å². The van der Waals surface area contributed by atoms with Crippen LogP contribution in [0.3, 0.4) is 0 Å². The number of nitrogens with one attached hydrogen (secondary N) is 2. The molecule has 180 valence electrons. The zero-order valence-electron chi connectivity index (χ0n) is 18.7. The van der Waals surface area contributed by atoms with Crippen LogP contribution in [0.4, 0.5) is 5.69 Å². The quantitative estimate of drug-likeness (QED) is 0.593. The molecule has 0 radical (unpaired) electrons. The van der Waals surface area contributed by atoms with Crippen LogP contribution in [0, 0.1) is 5.92 Å². The molecule has 0 saturated carbocycles. The zero-order valence-corrected chi connectivity index (χ0v) is 20.3. The number of carbonyl (C=O) groups is 2. The normalized spacial score (nSPS) is 24.3. The number of amides is 2. The molecular weight excluding hydrogens is 474 g/mol. The molecule has 1 aliphatic carbocycles. The number of ether oxygens (including phenoxy) is 1. The van der Waals surface area contributed by atoms with Gasteiger partial charge >= 0.3 is 0 Å². The Morgan fingerprint density at radius 1 is 1.21 bits per heavy atom. The van der Waals surface area contributed by atoms with Crippen molar-refractivity contribution in [3.05, 3.63) is 58.3 Å². The molecule has 2 N–H and O–H groups in total. The fourth-order valence-corrected chi connectivity index (χ4v) is 7.54. The maximum atomic E-state index is 13.2. The Morgan fingerprint density at radius 2 is 2.00 bits per heavy atom. The highest BCUT2D eigenvalue weighted by atomic mass is 32.2. The van der Waals surface area contributed by atoms with Crippen molar-refractivity contribution in [3.63, 3.8) is 0 Å². The van der Waals surface area contributed by atoms with Crippen molar-refractivity contribution in [2.75, 3.05) is 18.4 Å². The van der Waals surface area contributed by atoms with E-state index in [0.717, 1.165) is 19.3 Å². The van der Waals surface area contributed by atoms with E-state index in [1.807, 2.05) is 6.07 Å². The minimum Gasteiger partial charge on any atom is -0.354 e. The van der Waals surface area contributed by atoms with E-state index in [0.29, 0.717) is 30.0 Å². The second kappa shape index (κ2) is 9.26.